The first-order valence-electron chi connectivity index (χ1n) is 6.30. The molecule has 18 heavy (non-hydrogen) atoms. The van der Waals surface area contributed by atoms with Crippen LogP contribution in [-0.2, 0) is 4.74 Å². The van der Waals surface area contributed by atoms with Gasteiger partial charge in [0.25, 0.3) is 0 Å². The number of hydrogen-bond donors (Lipinski definition) is 1. The SMILES string of the molecule is CC(C)[C@H]1OCC[C@@H]1CNc1ccc(C#N)nn1. The van der Waals surface area contributed by atoms with Gasteiger partial charge in [-0.05, 0) is 24.5 Å². The van der Waals surface area contributed by atoms with E-state index in [1.165, 1.54) is 0 Å². The summed E-state index contributed by atoms with van der Waals surface area (Å²) < 4.78 is 5.73. The van der Waals surface area contributed by atoms with Gasteiger partial charge in [0.05, 0.1) is 6.10 Å². The Morgan fingerprint density at radius 1 is 1.50 bits per heavy atom. The lowest BCUT2D eigenvalue weighted by Crippen LogP contribution is -2.28. The number of nitrogens with one attached hydrogen (secondary N) is 1. The Bertz CT molecular complexity index is 424. The van der Waals surface area contributed by atoms with Gasteiger partial charge in [0, 0.05) is 19.1 Å². The summed E-state index contributed by atoms with van der Waals surface area (Å²) in [5, 5.41) is 19.6. The predicted octanol–water partition coefficient (Wildman–Crippen LogP) is 1.82. The molecule has 2 heterocycles. The second-order valence-electron chi connectivity index (χ2n) is 4.92. The fraction of sp³-hybridized carbons (Fsp3) is 0.615. The van der Waals surface area contributed by atoms with E-state index in [4.69, 9.17) is 10.00 Å². The standard InChI is InChI=1S/C13H18N4O/c1-9(2)13-10(5-6-18-13)8-15-12-4-3-11(7-14)16-17-12/h3-4,9-10,13H,5-6,8H2,1-2H3,(H,15,17)/t10-,13-/m1/s1. The van der Waals surface area contributed by atoms with Crippen LogP contribution in [0.2, 0.25) is 0 Å². The molecular formula is C13H18N4O. The van der Waals surface area contributed by atoms with E-state index in [-0.39, 0.29) is 0 Å². The van der Waals surface area contributed by atoms with Gasteiger partial charge in [-0.15, -0.1) is 10.2 Å². The number of rotatable bonds is 4. The van der Waals surface area contributed by atoms with E-state index >= 15 is 0 Å². The van der Waals surface area contributed by atoms with Crippen LogP contribution in [0.15, 0.2) is 12.1 Å². The molecule has 1 aromatic rings. The van der Waals surface area contributed by atoms with Crippen molar-refractivity contribution in [3.8, 4) is 6.07 Å². The first kappa shape index (κ1) is 12.8. The fourth-order valence-corrected chi connectivity index (χ4v) is 2.33. The van der Waals surface area contributed by atoms with Crippen LogP contribution < -0.4 is 5.32 Å². The summed E-state index contributed by atoms with van der Waals surface area (Å²) in [7, 11) is 0. The van der Waals surface area contributed by atoms with Gasteiger partial charge in [0.2, 0.25) is 0 Å². The van der Waals surface area contributed by atoms with Gasteiger partial charge in [-0.3, -0.25) is 0 Å². The summed E-state index contributed by atoms with van der Waals surface area (Å²) in [6, 6.07) is 5.40. The average molecular weight is 246 g/mol. The molecule has 0 spiro atoms. The van der Waals surface area contributed by atoms with Crippen molar-refractivity contribution in [3.63, 3.8) is 0 Å². The van der Waals surface area contributed by atoms with Crippen LogP contribution in [0.1, 0.15) is 26.0 Å². The van der Waals surface area contributed by atoms with Crippen LogP contribution in [0.4, 0.5) is 5.82 Å². The van der Waals surface area contributed by atoms with Crippen LogP contribution in [0.3, 0.4) is 0 Å². The molecule has 1 aliphatic heterocycles. The van der Waals surface area contributed by atoms with Crippen molar-refractivity contribution < 1.29 is 4.74 Å². The molecule has 0 radical (unpaired) electrons. The van der Waals surface area contributed by atoms with E-state index in [9.17, 15) is 0 Å². The zero-order valence-electron chi connectivity index (χ0n) is 10.8. The Hall–Kier alpha value is -1.67. The summed E-state index contributed by atoms with van der Waals surface area (Å²) >= 11 is 0. The molecule has 0 saturated carbocycles. The first-order valence-corrected chi connectivity index (χ1v) is 6.30. The van der Waals surface area contributed by atoms with E-state index < -0.39 is 0 Å². The highest BCUT2D eigenvalue weighted by Crippen LogP contribution is 2.26. The predicted molar refractivity (Wildman–Crippen MR) is 67.9 cm³/mol. The molecule has 2 atom stereocenters. The third kappa shape index (κ3) is 2.96. The molecular weight excluding hydrogens is 228 g/mol. The molecule has 2 rings (SSSR count). The summed E-state index contributed by atoms with van der Waals surface area (Å²) in [5.74, 6) is 1.76. The van der Waals surface area contributed by atoms with E-state index in [1.807, 2.05) is 6.07 Å². The highest BCUT2D eigenvalue weighted by molar-refractivity contribution is 5.35. The molecule has 96 valence electrons. The van der Waals surface area contributed by atoms with Crippen molar-refractivity contribution in [1.82, 2.24) is 10.2 Å². The molecule has 0 aromatic carbocycles. The second-order valence-corrected chi connectivity index (χ2v) is 4.92. The van der Waals surface area contributed by atoms with Crippen LogP contribution in [0.5, 0.6) is 0 Å². The van der Waals surface area contributed by atoms with Crippen LogP contribution in [-0.4, -0.2) is 29.5 Å². The van der Waals surface area contributed by atoms with E-state index in [0.717, 1.165) is 19.6 Å². The van der Waals surface area contributed by atoms with Crippen molar-refractivity contribution in [2.75, 3.05) is 18.5 Å². The zero-order chi connectivity index (χ0) is 13.0. The average Bonchev–Trinajstić information content (AvgIpc) is 2.85. The maximum Gasteiger partial charge on any atom is 0.163 e. The minimum atomic E-state index is 0.323. The van der Waals surface area contributed by atoms with Gasteiger partial charge in [-0.25, -0.2) is 0 Å². The molecule has 1 saturated heterocycles. The summed E-state index contributed by atoms with van der Waals surface area (Å²) in [5.41, 5.74) is 0.338. The van der Waals surface area contributed by atoms with Crippen LogP contribution in [0, 0.1) is 23.2 Å². The van der Waals surface area contributed by atoms with Crippen LogP contribution in [0.25, 0.3) is 0 Å². The third-order valence-electron chi connectivity index (χ3n) is 3.25. The van der Waals surface area contributed by atoms with Gasteiger partial charge in [0.1, 0.15) is 11.9 Å². The normalized spacial score (nSPS) is 23.0. The molecule has 0 unspecified atom stereocenters. The summed E-state index contributed by atoms with van der Waals surface area (Å²) in [6.45, 7) is 6.05. The molecule has 1 N–H and O–H groups in total. The Kier molecular flexibility index (Phi) is 4.11. The maximum atomic E-state index is 8.64. The van der Waals surface area contributed by atoms with Crippen molar-refractivity contribution in [2.45, 2.75) is 26.4 Å². The maximum absolute atomic E-state index is 8.64. The van der Waals surface area contributed by atoms with Crippen molar-refractivity contribution in [1.29, 1.82) is 5.26 Å². The summed E-state index contributed by atoms with van der Waals surface area (Å²) in [6.07, 6.45) is 1.41. The summed E-state index contributed by atoms with van der Waals surface area (Å²) in [4.78, 5) is 0. The topological polar surface area (TPSA) is 70.8 Å². The number of nitrogens with zero attached hydrogens (tertiary/aromatic N) is 3. The Labute approximate surface area is 107 Å². The van der Waals surface area contributed by atoms with Crippen molar-refractivity contribution in [2.24, 2.45) is 11.8 Å². The van der Waals surface area contributed by atoms with Crippen molar-refractivity contribution in [3.05, 3.63) is 17.8 Å². The molecule has 0 aliphatic carbocycles. The molecule has 0 amide bonds. The number of anilines is 1. The van der Waals surface area contributed by atoms with Gasteiger partial charge >= 0.3 is 0 Å². The zero-order valence-corrected chi connectivity index (χ0v) is 10.8. The van der Waals surface area contributed by atoms with Gasteiger partial charge in [0.15, 0.2) is 5.69 Å². The largest absolute Gasteiger partial charge is 0.378 e. The lowest BCUT2D eigenvalue weighted by atomic mass is 9.93. The lowest BCUT2D eigenvalue weighted by molar-refractivity contribution is 0.0566. The molecule has 5 heteroatoms. The molecule has 1 aromatic heterocycles. The van der Waals surface area contributed by atoms with Crippen molar-refractivity contribution >= 4 is 5.82 Å². The fourth-order valence-electron chi connectivity index (χ4n) is 2.33. The van der Waals surface area contributed by atoms with Gasteiger partial charge < -0.3 is 10.1 Å². The number of aromatic nitrogens is 2. The Morgan fingerprint density at radius 2 is 2.33 bits per heavy atom. The monoisotopic (exact) mass is 246 g/mol. The van der Waals surface area contributed by atoms with E-state index in [2.05, 4.69) is 29.4 Å². The molecule has 1 fully saturated rings. The van der Waals surface area contributed by atoms with E-state index in [1.54, 1.807) is 12.1 Å². The molecule has 0 bridgehead atoms. The Balaban J connectivity index is 1.89. The smallest absolute Gasteiger partial charge is 0.163 e. The quantitative estimate of drug-likeness (QED) is 0.877. The second kappa shape index (κ2) is 5.78. The van der Waals surface area contributed by atoms with Gasteiger partial charge in [-0.2, -0.15) is 5.26 Å². The highest BCUT2D eigenvalue weighted by atomic mass is 16.5. The minimum absolute atomic E-state index is 0.323. The first-order chi connectivity index (χ1) is 8.70. The number of hydrogen-bond acceptors (Lipinski definition) is 5. The van der Waals surface area contributed by atoms with Crippen LogP contribution >= 0.6 is 0 Å². The minimum Gasteiger partial charge on any atom is -0.378 e. The molecule has 1 aliphatic rings. The highest BCUT2D eigenvalue weighted by Gasteiger charge is 2.30. The van der Waals surface area contributed by atoms with Gasteiger partial charge in [-0.1, -0.05) is 13.8 Å². The lowest BCUT2D eigenvalue weighted by Gasteiger charge is -2.22. The van der Waals surface area contributed by atoms with E-state index in [0.29, 0.717) is 29.5 Å². The molecule has 5 nitrogen and oxygen atoms in total. The third-order valence-corrected chi connectivity index (χ3v) is 3.25. The Morgan fingerprint density at radius 3 is 2.94 bits per heavy atom. The number of nitriles is 1. The number of ether oxygens (including phenoxy) is 1.